The van der Waals surface area contributed by atoms with Gasteiger partial charge in [-0.3, -0.25) is 0 Å². The molecule has 1 aromatic carbocycles. The number of benzene rings is 1. The third kappa shape index (κ3) is 2.36. The summed E-state index contributed by atoms with van der Waals surface area (Å²) in [4.78, 5) is 8.63. The molecule has 0 fully saturated rings. The molecular formula is C11H8BrClN2. The Morgan fingerprint density at radius 1 is 1.20 bits per heavy atom. The van der Waals surface area contributed by atoms with Gasteiger partial charge in [0.25, 0.3) is 0 Å². The molecule has 15 heavy (non-hydrogen) atoms. The molecule has 0 atom stereocenters. The second-order valence-corrected chi connectivity index (χ2v) is 4.36. The van der Waals surface area contributed by atoms with Gasteiger partial charge >= 0.3 is 0 Å². The van der Waals surface area contributed by atoms with Crippen LogP contribution in [0.4, 0.5) is 0 Å². The maximum Gasteiger partial charge on any atom is 0.162 e. The summed E-state index contributed by atoms with van der Waals surface area (Å²) >= 11 is 9.41. The van der Waals surface area contributed by atoms with Crippen LogP contribution in [0.3, 0.4) is 0 Å². The Morgan fingerprint density at radius 2 is 1.93 bits per heavy atom. The summed E-state index contributed by atoms with van der Waals surface area (Å²) in [6.45, 7) is 1.92. The van der Waals surface area contributed by atoms with E-state index in [0.29, 0.717) is 10.8 Å². The van der Waals surface area contributed by atoms with E-state index >= 15 is 0 Å². The second kappa shape index (κ2) is 4.29. The van der Waals surface area contributed by atoms with Crippen LogP contribution in [0.25, 0.3) is 11.4 Å². The average Bonchev–Trinajstić information content (AvgIpc) is 2.16. The van der Waals surface area contributed by atoms with E-state index in [9.17, 15) is 0 Å². The molecule has 0 bridgehead atoms. The van der Waals surface area contributed by atoms with Gasteiger partial charge in [-0.25, -0.2) is 9.97 Å². The molecule has 0 saturated carbocycles. The zero-order valence-corrected chi connectivity index (χ0v) is 10.4. The largest absolute Gasteiger partial charge is 0.233 e. The lowest BCUT2D eigenvalue weighted by Crippen LogP contribution is -1.92. The molecule has 0 aliphatic carbocycles. The topological polar surface area (TPSA) is 25.8 Å². The minimum atomic E-state index is 0.646. The van der Waals surface area contributed by atoms with Crippen LogP contribution in [0.15, 0.2) is 34.9 Å². The Hall–Kier alpha value is -0.930. The van der Waals surface area contributed by atoms with Crippen molar-refractivity contribution in [3.05, 3.63) is 45.7 Å². The summed E-state index contributed by atoms with van der Waals surface area (Å²) < 4.78 is 0.768. The lowest BCUT2D eigenvalue weighted by molar-refractivity contribution is 1.09. The Morgan fingerprint density at radius 3 is 2.60 bits per heavy atom. The van der Waals surface area contributed by atoms with Crippen molar-refractivity contribution in [2.45, 2.75) is 6.92 Å². The summed E-state index contributed by atoms with van der Waals surface area (Å²) in [5, 5.41) is 0.662. The molecule has 0 spiro atoms. The number of halogens is 2. The lowest BCUT2D eigenvalue weighted by Gasteiger charge is -2.03. The van der Waals surface area contributed by atoms with Crippen LogP contribution in [-0.2, 0) is 0 Å². The second-order valence-electron chi connectivity index (χ2n) is 3.14. The van der Waals surface area contributed by atoms with Crippen LogP contribution < -0.4 is 0 Å². The summed E-state index contributed by atoms with van der Waals surface area (Å²) in [7, 11) is 0. The van der Waals surface area contributed by atoms with Crippen molar-refractivity contribution in [2.24, 2.45) is 0 Å². The van der Waals surface area contributed by atoms with Crippen molar-refractivity contribution in [2.75, 3.05) is 0 Å². The van der Waals surface area contributed by atoms with Crippen molar-refractivity contribution in [1.82, 2.24) is 9.97 Å². The van der Waals surface area contributed by atoms with Gasteiger partial charge in [0, 0.05) is 11.3 Å². The predicted octanol–water partition coefficient (Wildman–Crippen LogP) is 3.87. The molecule has 2 rings (SSSR count). The van der Waals surface area contributed by atoms with E-state index in [-0.39, 0.29) is 0 Å². The molecule has 1 heterocycles. The molecule has 76 valence electrons. The number of nitrogens with zero attached hydrogens (tertiary/aromatic N) is 2. The molecule has 0 amide bonds. The van der Waals surface area contributed by atoms with E-state index in [2.05, 4.69) is 25.9 Å². The van der Waals surface area contributed by atoms with Crippen molar-refractivity contribution in [3.8, 4) is 11.4 Å². The van der Waals surface area contributed by atoms with Crippen LogP contribution in [0.1, 0.15) is 5.69 Å². The van der Waals surface area contributed by atoms with Gasteiger partial charge in [-0.15, -0.1) is 0 Å². The maximum atomic E-state index is 6.07. The molecule has 0 radical (unpaired) electrons. The fourth-order valence-electron chi connectivity index (χ4n) is 1.29. The summed E-state index contributed by atoms with van der Waals surface area (Å²) in [5.41, 5.74) is 1.76. The molecule has 0 saturated heterocycles. The van der Waals surface area contributed by atoms with Crippen molar-refractivity contribution < 1.29 is 0 Å². The zero-order valence-electron chi connectivity index (χ0n) is 8.04. The normalized spacial score (nSPS) is 10.3. The SMILES string of the molecule is Cc1cc(Br)nc(-c2ccccc2Cl)n1. The van der Waals surface area contributed by atoms with E-state index in [1.54, 1.807) is 0 Å². The van der Waals surface area contributed by atoms with Crippen LogP contribution in [-0.4, -0.2) is 9.97 Å². The Balaban J connectivity index is 2.59. The molecule has 0 aliphatic rings. The minimum Gasteiger partial charge on any atom is -0.233 e. The quantitative estimate of drug-likeness (QED) is 0.743. The average molecular weight is 284 g/mol. The molecule has 0 unspecified atom stereocenters. The Bertz CT molecular complexity index is 479. The molecule has 2 aromatic rings. The summed E-state index contributed by atoms with van der Waals surface area (Å²) in [6, 6.07) is 9.40. The van der Waals surface area contributed by atoms with Gasteiger partial charge in [-0.1, -0.05) is 23.7 Å². The van der Waals surface area contributed by atoms with E-state index < -0.39 is 0 Å². The predicted molar refractivity (Wildman–Crippen MR) is 64.9 cm³/mol. The number of hydrogen-bond donors (Lipinski definition) is 0. The highest BCUT2D eigenvalue weighted by molar-refractivity contribution is 9.10. The first-order valence-corrected chi connectivity index (χ1v) is 5.60. The Labute approximate surface area is 101 Å². The van der Waals surface area contributed by atoms with Crippen LogP contribution in [0.5, 0.6) is 0 Å². The number of hydrogen-bond acceptors (Lipinski definition) is 2. The molecule has 0 aliphatic heterocycles. The molecule has 4 heteroatoms. The van der Waals surface area contributed by atoms with E-state index in [1.165, 1.54) is 0 Å². The first-order valence-electron chi connectivity index (χ1n) is 4.43. The van der Waals surface area contributed by atoms with E-state index in [0.717, 1.165) is 15.9 Å². The highest BCUT2D eigenvalue weighted by Gasteiger charge is 2.06. The minimum absolute atomic E-state index is 0.646. The monoisotopic (exact) mass is 282 g/mol. The third-order valence-corrected chi connectivity index (χ3v) is 2.67. The summed E-state index contributed by atoms with van der Waals surface area (Å²) in [5.74, 6) is 0.646. The van der Waals surface area contributed by atoms with Gasteiger partial charge in [0.15, 0.2) is 5.82 Å². The zero-order chi connectivity index (χ0) is 10.8. The number of aromatic nitrogens is 2. The Kier molecular flexibility index (Phi) is 3.03. The number of rotatable bonds is 1. The van der Waals surface area contributed by atoms with Crippen LogP contribution in [0.2, 0.25) is 5.02 Å². The van der Waals surface area contributed by atoms with Gasteiger partial charge in [0.2, 0.25) is 0 Å². The molecule has 2 nitrogen and oxygen atoms in total. The smallest absolute Gasteiger partial charge is 0.162 e. The van der Waals surface area contributed by atoms with Crippen LogP contribution >= 0.6 is 27.5 Å². The van der Waals surface area contributed by atoms with Gasteiger partial charge in [-0.05, 0) is 41.1 Å². The van der Waals surface area contributed by atoms with E-state index in [4.69, 9.17) is 11.6 Å². The fourth-order valence-corrected chi connectivity index (χ4v) is 2.01. The van der Waals surface area contributed by atoms with Crippen molar-refractivity contribution >= 4 is 27.5 Å². The molecular weight excluding hydrogens is 275 g/mol. The number of aryl methyl sites for hydroxylation is 1. The first kappa shape index (κ1) is 10.6. The highest BCUT2D eigenvalue weighted by Crippen LogP contribution is 2.25. The molecule has 0 N–H and O–H groups in total. The molecule has 1 aromatic heterocycles. The van der Waals surface area contributed by atoms with Crippen LogP contribution in [0, 0.1) is 6.92 Å². The van der Waals surface area contributed by atoms with E-state index in [1.807, 2.05) is 37.3 Å². The fraction of sp³-hybridized carbons (Fsp3) is 0.0909. The highest BCUT2D eigenvalue weighted by atomic mass is 79.9. The lowest BCUT2D eigenvalue weighted by atomic mass is 10.2. The third-order valence-electron chi connectivity index (χ3n) is 1.94. The maximum absolute atomic E-state index is 6.07. The first-order chi connectivity index (χ1) is 7.16. The van der Waals surface area contributed by atoms with Gasteiger partial charge in [0.1, 0.15) is 4.60 Å². The van der Waals surface area contributed by atoms with Gasteiger partial charge in [-0.2, -0.15) is 0 Å². The van der Waals surface area contributed by atoms with Gasteiger partial charge in [0.05, 0.1) is 5.02 Å². The van der Waals surface area contributed by atoms with Crippen molar-refractivity contribution in [3.63, 3.8) is 0 Å². The standard InChI is InChI=1S/C11H8BrClN2/c1-7-6-10(12)15-11(14-7)8-4-2-3-5-9(8)13/h2-6H,1H3. The van der Waals surface area contributed by atoms with Crippen molar-refractivity contribution in [1.29, 1.82) is 0 Å². The van der Waals surface area contributed by atoms with Gasteiger partial charge < -0.3 is 0 Å². The summed E-state index contributed by atoms with van der Waals surface area (Å²) in [6.07, 6.45) is 0.